The molecular formula is C76H40F4N6O12S2. The van der Waals surface area contributed by atoms with Gasteiger partial charge in [-0.1, -0.05) is 146 Å². The van der Waals surface area contributed by atoms with E-state index >= 15 is 19.2 Å². The molecule has 24 heteroatoms. The van der Waals surface area contributed by atoms with Crippen LogP contribution in [0, 0.1) is 80.4 Å². The van der Waals surface area contributed by atoms with Crippen LogP contribution in [0.25, 0.3) is 22.3 Å². The Hall–Kier alpha value is -13.0. The van der Waals surface area contributed by atoms with Gasteiger partial charge in [0.1, 0.15) is 94.8 Å². The molecule has 6 aromatic carbocycles. The number of carbonyl (C=O) groups excluding carboxylic acids is 6. The molecule has 2 aliphatic heterocycles. The van der Waals surface area contributed by atoms with E-state index in [2.05, 4.69) is 9.98 Å². The molecule has 18 nitrogen and oxygen atoms in total. The predicted molar refractivity (Wildman–Crippen MR) is 351 cm³/mol. The number of halogens is 4. The summed E-state index contributed by atoms with van der Waals surface area (Å²) in [5, 5.41) is 40.4. The Balaban J connectivity index is 0.985. The Morgan fingerprint density at radius 2 is 0.720 bits per heavy atom. The van der Waals surface area contributed by atoms with Gasteiger partial charge in [-0.3, -0.25) is 9.59 Å². The number of carbonyl (C=O) groups is 6. The maximum atomic E-state index is 15.6. The third-order valence-electron chi connectivity index (χ3n) is 17.0. The van der Waals surface area contributed by atoms with Crippen molar-refractivity contribution >= 4 is 102 Å². The fourth-order valence-electron chi connectivity index (χ4n) is 12.4. The molecule has 100 heavy (non-hydrogen) atoms. The second kappa shape index (κ2) is 25.9. The number of rotatable bonds is 14. The van der Waals surface area contributed by atoms with E-state index in [1.807, 2.05) is 0 Å². The number of hydrogen-bond acceptors (Lipinski definition) is 20. The van der Waals surface area contributed by atoms with E-state index < -0.39 is 153 Å². The molecule has 0 fully saturated rings. The largest absolute Gasteiger partial charge is 0.458 e. The van der Waals surface area contributed by atoms with Crippen LogP contribution in [0.3, 0.4) is 0 Å². The predicted octanol–water partition coefficient (Wildman–Crippen LogP) is 13.7. The molecule has 4 heterocycles. The first kappa shape index (κ1) is 64.3. The topological polar surface area (TPSA) is 278 Å². The molecule has 486 valence electrons. The lowest BCUT2D eigenvalue weighted by Gasteiger charge is -2.42. The van der Waals surface area contributed by atoms with Crippen molar-refractivity contribution in [3.8, 4) is 35.8 Å². The van der Waals surface area contributed by atoms with E-state index in [4.69, 9.17) is 28.4 Å². The summed E-state index contributed by atoms with van der Waals surface area (Å²) in [7, 11) is 0. The van der Waals surface area contributed by atoms with Gasteiger partial charge in [-0.05, 0) is 46.5 Å². The van der Waals surface area contributed by atoms with Crippen molar-refractivity contribution in [2.75, 3.05) is 0 Å². The molecular weight excluding hydrogens is 1330 g/mol. The van der Waals surface area contributed by atoms with Crippen LogP contribution in [0.2, 0.25) is 0 Å². The minimum atomic E-state index is -2.90. The average molecular weight is 1370 g/mol. The summed E-state index contributed by atoms with van der Waals surface area (Å²) in [6.45, 7) is -1.64. The highest BCUT2D eigenvalue weighted by atomic mass is 32.1. The number of ketones is 2. The number of nitriles is 4. The van der Waals surface area contributed by atoms with Crippen LogP contribution in [0.15, 0.2) is 214 Å². The lowest BCUT2D eigenvalue weighted by molar-refractivity contribution is -0.179. The molecule has 0 bridgehead atoms. The highest BCUT2D eigenvalue weighted by Gasteiger charge is 2.63. The van der Waals surface area contributed by atoms with E-state index in [9.17, 15) is 48.2 Å². The second-order valence-corrected chi connectivity index (χ2v) is 25.1. The van der Waals surface area contributed by atoms with E-state index in [-0.39, 0.29) is 64.7 Å². The number of benzene rings is 6. The molecule has 0 spiro atoms. The van der Waals surface area contributed by atoms with Crippen LogP contribution in [0.1, 0.15) is 63.9 Å². The van der Waals surface area contributed by atoms with Gasteiger partial charge in [-0.25, -0.2) is 46.7 Å². The Morgan fingerprint density at radius 3 is 1.01 bits per heavy atom. The van der Waals surface area contributed by atoms with Gasteiger partial charge in [0.05, 0.1) is 9.75 Å². The molecule has 0 saturated carbocycles. The van der Waals surface area contributed by atoms with Gasteiger partial charge in [0.2, 0.25) is 11.6 Å². The van der Waals surface area contributed by atoms with Crippen LogP contribution in [-0.2, 0) is 64.6 Å². The third kappa shape index (κ3) is 11.0. The number of hydrogen-bond donors (Lipinski definition) is 0. The molecule has 0 radical (unpaired) electrons. The Kier molecular flexibility index (Phi) is 16.6. The van der Waals surface area contributed by atoms with E-state index in [0.29, 0.717) is 46.5 Å². The van der Waals surface area contributed by atoms with Crippen molar-refractivity contribution in [3.05, 3.63) is 282 Å². The quantitative estimate of drug-likeness (QED) is 0.0321. The third-order valence-corrected chi connectivity index (χ3v) is 19.1. The molecule has 0 amide bonds. The zero-order valence-electron chi connectivity index (χ0n) is 51.2. The Morgan fingerprint density at radius 1 is 0.430 bits per heavy atom. The Bertz CT molecular complexity index is 4920. The van der Waals surface area contributed by atoms with Crippen LogP contribution < -0.4 is 9.47 Å². The molecule has 2 atom stereocenters. The van der Waals surface area contributed by atoms with Crippen molar-refractivity contribution in [1.82, 2.24) is 0 Å². The van der Waals surface area contributed by atoms with Gasteiger partial charge >= 0.3 is 35.1 Å². The number of Topliss-reactive ketones (excluding diaryl/α,β-unsaturated/α-hetero) is 2. The van der Waals surface area contributed by atoms with Gasteiger partial charge in [-0.2, -0.15) is 21.0 Å². The molecule has 6 aliphatic rings. The summed E-state index contributed by atoms with van der Waals surface area (Å²) < 4.78 is 97.5. The van der Waals surface area contributed by atoms with Crippen molar-refractivity contribution in [2.45, 2.75) is 37.6 Å². The van der Waals surface area contributed by atoms with Gasteiger partial charge in [0, 0.05) is 79.7 Å². The number of thiophene rings is 2. The van der Waals surface area contributed by atoms with Crippen LogP contribution in [0.5, 0.6) is 11.5 Å². The molecule has 0 N–H and O–H groups in total. The Labute approximate surface area is 571 Å². The smallest absolute Gasteiger partial charge is 0.367 e. The molecule has 8 aromatic rings. The van der Waals surface area contributed by atoms with Gasteiger partial charge < -0.3 is 28.4 Å². The zero-order valence-corrected chi connectivity index (χ0v) is 52.8. The van der Waals surface area contributed by atoms with Gasteiger partial charge in [-0.15, -0.1) is 22.7 Å². The normalized spacial score (nSPS) is 17.5. The first-order valence-corrected chi connectivity index (χ1v) is 31.8. The average Bonchev–Trinajstić information content (AvgIpc) is 1.10. The lowest BCUT2D eigenvalue weighted by Crippen LogP contribution is -2.58. The summed E-state index contributed by atoms with van der Waals surface area (Å²) in [6, 6.07) is 45.7. The van der Waals surface area contributed by atoms with E-state index in [1.54, 1.807) is 158 Å². The maximum Gasteiger partial charge on any atom is 0.367 e. The van der Waals surface area contributed by atoms with E-state index in [0.717, 1.165) is 22.7 Å². The van der Waals surface area contributed by atoms with E-state index in [1.165, 1.54) is 24.3 Å². The lowest BCUT2D eigenvalue weighted by atomic mass is 9.68. The highest BCUT2D eigenvalue weighted by Crippen LogP contribution is 2.59. The molecule has 2 aromatic heterocycles. The van der Waals surface area contributed by atoms with Crippen molar-refractivity contribution in [1.29, 1.82) is 21.0 Å². The van der Waals surface area contributed by atoms with Crippen LogP contribution in [-0.4, -0.2) is 58.1 Å². The number of aliphatic imine (C=N–C) groups is 2. The van der Waals surface area contributed by atoms with Crippen molar-refractivity contribution in [3.63, 3.8) is 0 Å². The minimum absolute atomic E-state index is 0.0761. The summed E-state index contributed by atoms with van der Waals surface area (Å²) in [5.41, 5.74) is -8.70. The monoisotopic (exact) mass is 1370 g/mol. The summed E-state index contributed by atoms with van der Waals surface area (Å²) >= 11 is 1.65. The summed E-state index contributed by atoms with van der Waals surface area (Å²) in [4.78, 5) is 101. The highest BCUT2D eigenvalue weighted by molar-refractivity contribution is 7.18. The maximum absolute atomic E-state index is 15.6. The fourth-order valence-corrected chi connectivity index (χ4v) is 14.4. The standard InChI is InChI=1S/C76H40F4N6O12S2/c77-55-25-47-49(27-57(55)79)67(87)65(63(47)45(31-81)32-82)85-61-29-59-69(99-61)51-21-44-24-54-52(22-43(44)23-53(51)75(97-59,71(89)93-35-39-13-5-1-6-14-39)72(90)94-36-40-15-7-2-8-16-40)70-60(30-62(100-70)86-66-64(46(33-83)34-84)48-26-56(78)58(80)28-50(48)68(66)88)98-76(54,73(91)95-37-41-17-9-3-10-18-41)74(92)96-38-42-19-11-4-12-20-42/h1-30,43-44H,35-38H2/b85-65-,86-66-. The zero-order chi connectivity index (χ0) is 69.7. The number of ether oxygens (including phenoxy) is 6. The molecule has 14 rings (SSSR count). The number of allylic oxidation sites excluding steroid dienone is 8. The van der Waals surface area contributed by atoms with Crippen molar-refractivity contribution < 1.29 is 74.8 Å². The SMILES string of the molecule is N#CC(C#N)=C1/C(=N/c2cc3c(s2)C2=CC4C=C5C(=CC4C=C2C(C(=O)OCc2ccccc2)(C(=O)OCc2ccccc2)O3)c2sc(/N=C3\C(=O)c4cc(F)c(F)cc4C3=C(C#N)C#N)cc2OC5(C(=O)OCc2ccccc2)C(=O)OCc2ccccc2)C(=O)c2cc(F)c(F)cc21. The minimum Gasteiger partial charge on any atom is -0.458 e. The van der Waals surface area contributed by atoms with Crippen LogP contribution in [0.4, 0.5) is 27.6 Å². The number of esters is 4. The van der Waals surface area contributed by atoms with Crippen molar-refractivity contribution in [2.24, 2.45) is 21.8 Å². The van der Waals surface area contributed by atoms with Gasteiger partial charge in [0.15, 0.2) is 23.3 Å². The molecule has 0 saturated heterocycles. The first-order chi connectivity index (χ1) is 48.5. The molecule has 2 unspecified atom stereocenters. The summed E-state index contributed by atoms with van der Waals surface area (Å²) in [6.07, 6.45) is 6.27. The molecule has 4 aliphatic carbocycles. The number of nitrogens with zero attached hydrogens (tertiary/aromatic N) is 6. The number of fused-ring (bicyclic) bond motifs is 9. The second-order valence-electron chi connectivity index (χ2n) is 23.0. The van der Waals surface area contributed by atoms with Crippen LogP contribution >= 0.6 is 22.7 Å². The fraction of sp³-hybridized carbons (Fsp3) is 0.105. The van der Waals surface area contributed by atoms with Gasteiger partial charge in [0.25, 0.3) is 0 Å². The summed E-state index contributed by atoms with van der Waals surface area (Å²) in [5.74, 6) is -15.2. The first-order valence-electron chi connectivity index (χ1n) is 30.2.